The molecular formula is C13H15N3O2. The third-order valence-corrected chi connectivity index (χ3v) is 2.44. The second kappa shape index (κ2) is 5.46. The van der Waals surface area contributed by atoms with Crippen molar-refractivity contribution in [1.29, 1.82) is 0 Å². The van der Waals surface area contributed by atoms with Crippen LogP contribution in [0.4, 0.5) is 5.82 Å². The number of nitrogens with two attached hydrogens (primary N) is 1. The molecule has 0 fully saturated rings. The number of para-hydroxylation sites is 1. The van der Waals surface area contributed by atoms with Crippen LogP contribution >= 0.6 is 0 Å². The van der Waals surface area contributed by atoms with Gasteiger partial charge in [-0.3, -0.25) is 0 Å². The van der Waals surface area contributed by atoms with Crippen LogP contribution in [0.3, 0.4) is 0 Å². The zero-order valence-corrected chi connectivity index (χ0v) is 10.4. The Balaban J connectivity index is 2.49. The van der Waals surface area contributed by atoms with Gasteiger partial charge in [0.25, 0.3) is 0 Å². The molecule has 5 nitrogen and oxygen atoms in total. The molecule has 1 aromatic heterocycles. The lowest BCUT2D eigenvalue weighted by atomic mass is 10.2. The van der Waals surface area contributed by atoms with Crippen LogP contribution in [0.25, 0.3) is 11.4 Å². The van der Waals surface area contributed by atoms with Gasteiger partial charge >= 0.3 is 0 Å². The zero-order chi connectivity index (χ0) is 13.0. The van der Waals surface area contributed by atoms with Crippen molar-refractivity contribution >= 4 is 5.82 Å². The molecule has 0 spiro atoms. The fourth-order valence-corrected chi connectivity index (χ4v) is 1.69. The Labute approximate surface area is 106 Å². The van der Waals surface area contributed by atoms with Gasteiger partial charge < -0.3 is 15.2 Å². The van der Waals surface area contributed by atoms with E-state index in [0.717, 1.165) is 11.3 Å². The Morgan fingerprint density at radius 1 is 1.17 bits per heavy atom. The van der Waals surface area contributed by atoms with Crippen LogP contribution in [0.2, 0.25) is 0 Å². The van der Waals surface area contributed by atoms with Crippen molar-refractivity contribution in [1.82, 2.24) is 9.97 Å². The summed E-state index contributed by atoms with van der Waals surface area (Å²) in [6.07, 6.45) is 0. The maximum absolute atomic E-state index is 5.77. The smallest absolute Gasteiger partial charge is 0.165 e. The zero-order valence-electron chi connectivity index (χ0n) is 10.4. The molecule has 0 aliphatic rings. The molecule has 0 amide bonds. The van der Waals surface area contributed by atoms with E-state index in [1.807, 2.05) is 24.3 Å². The maximum atomic E-state index is 5.77. The normalized spacial score (nSPS) is 10.3. The number of nitrogens with zero attached hydrogens (tertiary/aromatic N) is 2. The fraction of sp³-hybridized carbons (Fsp3) is 0.231. The summed E-state index contributed by atoms with van der Waals surface area (Å²) in [7, 11) is 3.22. The molecule has 0 saturated carbocycles. The van der Waals surface area contributed by atoms with E-state index in [9.17, 15) is 0 Å². The molecule has 2 N–H and O–H groups in total. The highest BCUT2D eigenvalue weighted by Crippen LogP contribution is 2.27. The van der Waals surface area contributed by atoms with E-state index in [1.54, 1.807) is 20.3 Å². The molecule has 0 aliphatic carbocycles. The molecule has 94 valence electrons. The monoisotopic (exact) mass is 245 g/mol. The quantitative estimate of drug-likeness (QED) is 0.890. The molecule has 0 atom stereocenters. The first kappa shape index (κ1) is 12.3. The van der Waals surface area contributed by atoms with Crippen LogP contribution < -0.4 is 10.5 Å². The standard InChI is InChI=1S/C13H15N3O2/c1-17-8-9-7-12(14)16-13(15-9)10-5-3-4-6-11(10)18-2/h3-7H,8H2,1-2H3,(H2,14,15,16). The molecular weight excluding hydrogens is 230 g/mol. The summed E-state index contributed by atoms with van der Waals surface area (Å²) in [6.45, 7) is 0.398. The molecule has 2 aromatic rings. The predicted molar refractivity (Wildman–Crippen MR) is 69.1 cm³/mol. The average molecular weight is 245 g/mol. The Morgan fingerprint density at radius 2 is 1.94 bits per heavy atom. The van der Waals surface area contributed by atoms with Crippen molar-refractivity contribution < 1.29 is 9.47 Å². The number of hydrogen-bond acceptors (Lipinski definition) is 5. The molecule has 0 aliphatic heterocycles. The van der Waals surface area contributed by atoms with E-state index < -0.39 is 0 Å². The van der Waals surface area contributed by atoms with Crippen molar-refractivity contribution in [3.8, 4) is 17.1 Å². The van der Waals surface area contributed by atoms with Crippen LogP contribution in [-0.4, -0.2) is 24.2 Å². The van der Waals surface area contributed by atoms with Crippen LogP contribution in [0.5, 0.6) is 5.75 Å². The number of aromatic nitrogens is 2. The lowest BCUT2D eigenvalue weighted by molar-refractivity contribution is 0.181. The van der Waals surface area contributed by atoms with E-state index in [2.05, 4.69) is 9.97 Å². The number of ether oxygens (including phenoxy) is 2. The first-order chi connectivity index (χ1) is 8.74. The lowest BCUT2D eigenvalue weighted by Crippen LogP contribution is -2.02. The molecule has 18 heavy (non-hydrogen) atoms. The topological polar surface area (TPSA) is 70.3 Å². The predicted octanol–water partition coefficient (Wildman–Crippen LogP) is 1.88. The minimum atomic E-state index is 0.398. The third kappa shape index (κ3) is 2.57. The average Bonchev–Trinajstić information content (AvgIpc) is 2.38. The van der Waals surface area contributed by atoms with Gasteiger partial charge in [0.15, 0.2) is 5.82 Å². The Morgan fingerprint density at radius 3 is 2.67 bits per heavy atom. The minimum absolute atomic E-state index is 0.398. The van der Waals surface area contributed by atoms with Gasteiger partial charge in [0.05, 0.1) is 25.0 Å². The number of anilines is 1. The summed E-state index contributed by atoms with van der Waals surface area (Å²) in [4.78, 5) is 8.63. The van der Waals surface area contributed by atoms with E-state index in [1.165, 1.54) is 0 Å². The number of hydrogen-bond donors (Lipinski definition) is 1. The number of methoxy groups -OCH3 is 2. The molecule has 1 aromatic carbocycles. The van der Waals surface area contributed by atoms with Crippen LogP contribution in [-0.2, 0) is 11.3 Å². The first-order valence-electron chi connectivity index (χ1n) is 5.50. The van der Waals surface area contributed by atoms with Crippen molar-refractivity contribution in [2.45, 2.75) is 6.61 Å². The Hall–Kier alpha value is -2.14. The van der Waals surface area contributed by atoms with Gasteiger partial charge in [0, 0.05) is 13.2 Å². The van der Waals surface area contributed by atoms with Gasteiger partial charge in [-0.2, -0.15) is 0 Å². The molecule has 0 radical (unpaired) electrons. The lowest BCUT2D eigenvalue weighted by Gasteiger charge is -2.09. The van der Waals surface area contributed by atoms with Crippen molar-refractivity contribution in [3.05, 3.63) is 36.0 Å². The van der Waals surface area contributed by atoms with Gasteiger partial charge in [-0.15, -0.1) is 0 Å². The molecule has 5 heteroatoms. The number of benzene rings is 1. The van der Waals surface area contributed by atoms with Crippen LogP contribution in [0, 0.1) is 0 Å². The first-order valence-corrected chi connectivity index (χ1v) is 5.50. The summed E-state index contributed by atoms with van der Waals surface area (Å²) in [5, 5.41) is 0. The Bertz CT molecular complexity index is 544. The second-order valence-corrected chi connectivity index (χ2v) is 3.74. The highest BCUT2D eigenvalue weighted by atomic mass is 16.5. The SMILES string of the molecule is COCc1cc(N)nc(-c2ccccc2OC)n1. The van der Waals surface area contributed by atoms with E-state index in [0.29, 0.717) is 24.0 Å². The van der Waals surface area contributed by atoms with Crippen molar-refractivity contribution in [2.24, 2.45) is 0 Å². The molecule has 0 unspecified atom stereocenters. The summed E-state index contributed by atoms with van der Waals surface area (Å²) in [5.41, 5.74) is 7.32. The van der Waals surface area contributed by atoms with E-state index in [4.69, 9.17) is 15.2 Å². The van der Waals surface area contributed by atoms with Crippen molar-refractivity contribution in [2.75, 3.05) is 20.0 Å². The van der Waals surface area contributed by atoms with Crippen molar-refractivity contribution in [3.63, 3.8) is 0 Å². The number of rotatable bonds is 4. The van der Waals surface area contributed by atoms with Gasteiger partial charge in [-0.1, -0.05) is 12.1 Å². The highest BCUT2D eigenvalue weighted by molar-refractivity contribution is 5.65. The van der Waals surface area contributed by atoms with Gasteiger partial charge in [-0.05, 0) is 12.1 Å². The third-order valence-electron chi connectivity index (χ3n) is 2.44. The molecule has 0 bridgehead atoms. The Kier molecular flexibility index (Phi) is 3.74. The van der Waals surface area contributed by atoms with E-state index in [-0.39, 0.29) is 0 Å². The fourth-order valence-electron chi connectivity index (χ4n) is 1.69. The summed E-state index contributed by atoms with van der Waals surface area (Å²) in [5.74, 6) is 1.67. The molecule has 1 heterocycles. The molecule has 0 saturated heterocycles. The van der Waals surface area contributed by atoms with E-state index >= 15 is 0 Å². The molecule has 2 rings (SSSR count). The van der Waals surface area contributed by atoms with Crippen LogP contribution in [0.15, 0.2) is 30.3 Å². The van der Waals surface area contributed by atoms with Gasteiger partial charge in [-0.25, -0.2) is 9.97 Å². The summed E-state index contributed by atoms with van der Waals surface area (Å²) in [6, 6.07) is 9.25. The summed E-state index contributed by atoms with van der Waals surface area (Å²) < 4.78 is 10.3. The van der Waals surface area contributed by atoms with Gasteiger partial charge in [0.2, 0.25) is 0 Å². The maximum Gasteiger partial charge on any atom is 0.165 e. The minimum Gasteiger partial charge on any atom is -0.496 e. The van der Waals surface area contributed by atoms with Crippen LogP contribution in [0.1, 0.15) is 5.69 Å². The summed E-state index contributed by atoms with van der Waals surface area (Å²) >= 11 is 0. The number of nitrogen functional groups attached to an aromatic ring is 1. The largest absolute Gasteiger partial charge is 0.496 e. The second-order valence-electron chi connectivity index (χ2n) is 3.74. The highest BCUT2D eigenvalue weighted by Gasteiger charge is 2.10. The van der Waals surface area contributed by atoms with Gasteiger partial charge in [0.1, 0.15) is 11.6 Å².